The molecule has 0 aliphatic rings. The van der Waals surface area contributed by atoms with Crippen LogP contribution in [-0.2, 0) is 0 Å². The molecule has 0 aliphatic carbocycles. The minimum absolute atomic E-state index is 0.528. The van der Waals surface area contributed by atoms with Crippen LogP contribution in [0.3, 0.4) is 0 Å². The first-order chi connectivity index (χ1) is 12.6. The van der Waals surface area contributed by atoms with Gasteiger partial charge in [0.25, 0.3) is 0 Å². The van der Waals surface area contributed by atoms with E-state index in [0.29, 0.717) is 17.5 Å². The van der Waals surface area contributed by atoms with Crippen LogP contribution in [-0.4, -0.2) is 24.2 Å². The Morgan fingerprint density at radius 2 is 1.69 bits per heavy atom. The van der Waals surface area contributed by atoms with Crippen LogP contribution in [0.2, 0.25) is 0 Å². The maximum absolute atomic E-state index is 5.41. The van der Waals surface area contributed by atoms with Crippen LogP contribution < -0.4 is 20.1 Å². The number of aromatic nitrogens is 2. The molecule has 6 heteroatoms. The van der Waals surface area contributed by atoms with Gasteiger partial charge in [-0.1, -0.05) is 12.1 Å². The average Bonchev–Trinajstić information content (AvgIpc) is 2.61. The lowest BCUT2D eigenvalue weighted by atomic mass is 10.2. The highest BCUT2D eigenvalue weighted by atomic mass is 16.5. The van der Waals surface area contributed by atoms with E-state index in [4.69, 9.17) is 9.47 Å². The van der Waals surface area contributed by atoms with Gasteiger partial charge in [0, 0.05) is 23.5 Å². The predicted molar refractivity (Wildman–Crippen MR) is 104 cm³/mol. The molecular weight excluding hydrogens is 328 g/mol. The van der Waals surface area contributed by atoms with Crippen molar-refractivity contribution in [3.63, 3.8) is 0 Å². The van der Waals surface area contributed by atoms with Crippen LogP contribution in [0.5, 0.6) is 11.5 Å². The van der Waals surface area contributed by atoms with Crippen LogP contribution in [0.4, 0.5) is 23.1 Å². The van der Waals surface area contributed by atoms with Crippen molar-refractivity contribution in [2.24, 2.45) is 0 Å². The number of rotatable bonds is 6. The predicted octanol–water partition coefficient (Wildman–Crippen LogP) is 4.60. The Bertz CT molecular complexity index is 912. The zero-order valence-electron chi connectivity index (χ0n) is 15.3. The summed E-state index contributed by atoms with van der Waals surface area (Å²) in [7, 11) is 3.26. The van der Waals surface area contributed by atoms with Crippen LogP contribution in [0, 0.1) is 13.8 Å². The molecule has 1 heterocycles. The molecule has 0 bridgehead atoms. The van der Waals surface area contributed by atoms with Gasteiger partial charge < -0.3 is 20.1 Å². The van der Waals surface area contributed by atoms with Gasteiger partial charge in [0.05, 0.1) is 19.9 Å². The first-order valence-electron chi connectivity index (χ1n) is 8.26. The second kappa shape index (κ2) is 7.74. The molecule has 0 atom stereocenters. The standard InChI is InChI=1S/C20H22N4O2/c1-13-6-5-7-15(10-13)22-20-21-14(2)11-19(24-20)23-17-12-16(25-3)8-9-18(17)26-4/h5-12H,1-4H3,(H2,21,22,23,24). The monoisotopic (exact) mass is 350 g/mol. The van der Waals surface area contributed by atoms with Crippen molar-refractivity contribution in [1.82, 2.24) is 9.97 Å². The van der Waals surface area contributed by atoms with E-state index in [1.54, 1.807) is 14.2 Å². The van der Waals surface area contributed by atoms with Crippen LogP contribution in [0.25, 0.3) is 0 Å². The lowest BCUT2D eigenvalue weighted by Crippen LogP contribution is -2.03. The Morgan fingerprint density at radius 3 is 2.42 bits per heavy atom. The quantitative estimate of drug-likeness (QED) is 0.677. The smallest absolute Gasteiger partial charge is 0.229 e. The fraction of sp³-hybridized carbons (Fsp3) is 0.200. The highest BCUT2D eigenvalue weighted by Crippen LogP contribution is 2.31. The number of nitrogens with one attached hydrogen (secondary N) is 2. The van der Waals surface area contributed by atoms with Crippen LogP contribution >= 0.6 is 0 Å². The highest BCUT2D eigenvalue weighted by Gasteiger charge is 2.08. The third-order valence-corrected chi connectivity index (χ3v) is 3.80. The molecule has 134 valence electrons. The van der Waals surface area contributed by atoms with Gasteiger partial charge in [0.15, 0.2) is 0 Å². The summed E-state index contributed by atoms with van der Waals surface area (Å²) in [6, 6.07) is 15.5. The molecule has 0 fully saturated rings. The van der Waals surface area contributed by atoms with Crippen molar-refractivity contribution in [3.8, 4) is 11.5 Å². The molecule has 2 N–H and O–H groups in total. The third kappa shape index (κ3) is 4.22. The topological polar surface area (TPSA) is 68.3 Å². The summed E-state index contributed by atoms with van der Waals surface area (Å²) in [6.45, 7) is 3.97. The lowest BCUT2D eigenvalue weighted by molar-refractivity contribution is 0.405. The molecule has 0 amide bonds. The summed E-state index contributed by atoms with van der Waals surface area (Å²) in [4.78, 5) is 9.01. The molecule has 2 aromatic carbocycles. The molecule has 0 aliphatic heterocycles. The Hall–Kier alpha value is -3.28. The van der Waals surface area contributed by atoms with E-state index in [1.165, 1.54) is 5.56 Å². The van der Waals surface area contributed by atoms with Crippen LogP contribution in [0.15, 0.2) is 48.5 Å². The van der Waals surface area contributed by atoms with Crippen molar-refractivity contribution in [2.45, 2.75) is 13.8 Å². The summed E-state index contributed by atoms with van der Waals surface area (Å²) in [5.74, 6) is 2.63. The first kappa shape index (κ1) is 17.5. The molecule has 0 saturated carbocycles. The Morgan fingerprint density at radius 1 is 0.846 bits per heavy atom. The Kier molecular flexibility index (Phi) is 5.22. The number of hydrogen-bond donors (Lipinski definition) is 2. The first-order valence-corrected chi connectivity index (χ1v) is 8.26. The van der Waals surface area contributed by atoms with Crippen molar-refractivity contribution < 1.29 is 9.47 Å². The van der Waals surface area contributed by atoms with Gasteiger partial charge in [0.1, 0.15) is 17.3 Å². The van der Waals surface area contributed by atoms with Gasteiger partial charge in [-0.15, -0.1) is 0 Å². The van der Waals surface area contributed by atoms with Crippen molar-refractivity contribution >= 4 is 23.1 Å². The molecule has 3 rings (SSSR count). The Balaban J connectivity index is 1.88. The van der Waals surface area contributed by atoms with Crippen molar-refractivity contribution in [2.75, 3.05) is 24.9 Å². The van der Waals surface area contributed by atoms with Gasteiger partial charge in [-0.25, -0.2) is 4.98 Å². The van der Waals surface area contributed by atoms with Gasteiger partial charge in [0.2, 0.25) is 5.95 Å². The number of methoxy groups -OCH3 is 2. The Labute approximate surface area is 153 Å². The second-order valence-electron chi connectivity index (χ2n) is 5.90. The lowest BCUT2D eigenvalue weighted by Gasteiger charge is -2.13. The van der Waals surface area contributed by atoms with Gasteiger partial charge in [-0.2, -0.15) is 4.98 Å². The van der Waals surface area contributed by atoms with E-state index in [0.717, 1.165) is 22.8 Å². The number of nitrogens with zero attached hydrogens (tertiary/aromatic N) is 2. The average molecular weight is 350 g/mol. The molecule has 0 saturated heterocycles. The molecular formula is C20H22N4O2. The number of aryl methyl sites for hydroxylation is 2. The van der Waals surface area contributed by atoms with Crippen molar-refractivity contribution in [3.05, 3.63) is 59.8 Å². The van der Waals surface area contributed by atoms with Gasteiger partial charge in [-0.3, -0.25) is 0 Å². The third-order valence-electron chi connectivity index (χ3n) is 3.80. The minimum Gasteiger partial charge on any atom is -0.497 e. The molecule has 1 aromatic heterocycles. The van der Waals surface area contributed by atoms with E-state index in [-0.39, 0.29) is 0 Å². The summed E-state index contributed by atoms with van der Waals surface area (Å²) in [5.41, 5.74) is 3.73. The normalized spacial score (nSPS) is 10.3. The van der Waals surface area contributed by atoms with E-state index in [9.17, 15) is 0 Å². The van der Waals surface area contributed by atoms with E-state index >= 15 is 0 Å². The number of ether oxygens (including phenoxy) is 2. The van der Waals surface area contributed by atoms with E-state index < -0.39 is 0 Å². The van der Waals surface area contributed by atoms with Gasteiger partial charge in [-0.05, 0) is 43.7 Å². The minimum atomic E-state index is 0.528. The van der Waals surface area contributed by atoms with E-state index in [2.05, 4.69) is 20.6 Å². The SMILES string of the molecule is COc1ccc(OC)c(Nc2cc(C)nc(Nc3cccc(C)c3)n2)c1. The summed E-state index contributed by atoms with van der Waals surface area (Å²) in [5, 5.41) is 6.53. The maximum Gasteiger partial charge on any atom is 0.229 e. The fourth-order valence-electron chi connectivity index (χ4n) is 2.59. The summed E-state index contributed by atoms with van der Waals surface area (Å²) in [6.07, 6.45) is 0. The largest absolute Gasteiger partial charge is 0.497 e. The highest BCUT2D eigenvalue weighted by molar-refractivity contribution is 5.67. The molecule has 0 spiro atoms. The molecule has 0 radical (unpaired) electrons. The second-order valence-corrected chi connectivity index (χ2v) is 5.90. The number of hydrogen-bond acceptors (Lipinski definition) is 6. The number of anilines is 4. The van der Waals surface area contributed by atoms with E-state index in [1.807, 2.05) is 62.4 Å². The van der Waals surface area contributed by atoms with Gasteiger partial charge >= 0.3 is 0 Å². The molecule has 3 aromatic rings. The maximum atomic E-state index is 5.41. The van der Waals surface area contributed by atoms with Crippen molar-refractivity contribution in [1.29, 1.82) is 0 Å². The summed E-state index contributed by atoms with van der Waals surface area (Å²) >= 11 is 0. The number of benzene rings is 2. The molecule has 6 nitrogen and oxygen atoms in total. The zero-order valence-corrected chi connectivity index (χ0v) is 15.3. The molecule has 0 unspecified atom stereocenters. The van der Waals surface area contributed by atoms with Crippen LogP contribution in [0.1, 0.15) is 11.3 Å². The summed E-state index contributed by atoms with van der Waals surface area (Å²) < 4.78 is 10.7. The fourth-order valence-corrected chi connectivity index (χ4v) is 2.59. The molecule has 26 heavy (non-hydrogen) atoms. The zero-order chi connectivity index (χ0) is 18.5.